The molecule has 0 spiro atoms. The SMILES string of the molecule is Cc1[c-]c(N)c(C(=O)O)cc1C.[W]. The first kappa shape index (κ1) is 12.2. The average molecular weight is 348 g/mol. The van der Waals surface area contributed by atoms with Crippen LogP contribution in [-0.4, -0.2) is 11.1 Å². The molecule has 70 valence electrons. The van der Waals surface area contributed by atoms with E-state index in [2.05, 4.69) is 6.07 Å². The van der Waals surface area contributed by atoms with Gasteiger partial charge in [-0.2, -0.15) is 23.3 Å². The van der Waals surface area contributed by atoms with Crippen molar-refractivity contribution in [2.24, 2.45) is 0 Å². The second-order valence-corrected chi connectivity index (χ2v) is 2.71. The molecule has 0 atom stereocenters. The predicted octanol–water partition coefficient (Wildman–Crippen LogP) is 1.38. The molecular formula is C9H10NO2W-. The van der Waals surface area contributed by atoms with Crippen molar-refractivity contribution >= 4 is 11.7 Å². The molecule has 0 unspecified atom stereocenters. The Morgan fingerprint density at radius 3 is 2.54 bits per heavy atom. The zero-order chi connectivity index (χ0) is 9.30. The molecule has 1 rings (SSSR count). The van der Waals surface area contributed by atoms with Crippen molar-refractivity contribution < 1.29 is 31.0 Å². The van der Waals surface area contributed by atoms with Crippen LogP contribution in [0.5, 0.6) is 0 Å². The summed E-state index contributed by atoms with van der Waals surface area (Å²) in [5.41, 5.74) is 7.55. The van der Waals surface area contributed by atoms with E-state index in [1.807, 2.05) is 13.8 Å². The molecule has 0 amide bonds. The summed E-state index contributed by atoms with van der Waals surface area (Å²) < 4.78 is 0. The normalized spacial score (nSPS) is 9.08. The van der Waals surface area contributed by atoms with E-state index in [0.29, 0.717) is 0 Å². The average Bonchev–Trinajstić information content (AvgIpc) is 1.96. The third kappa shape index (κ3) is 2.56. The zero-order valence-electron chi connectivity index (χ0n) is 7.42. The van der Waals surface area contributed by atoms with E-state index in [-0.39, 0.29) is 32.3 Å². The molecule has 0 bridgehead atoms. The molecule has 0 aliphatic heterocycles. The minimum atomic E-state index is -1.01. The van der Waals surface area contributed by atoms with Crippen LogP contribution in [0.2, 0.25) is 0 Å². The Morgan fingerprint density at radius 1 is 1.54 bits per heavy atom. The predicted molar refractivity (Wildman–Crippen MR) is 46.1 cm³/mol. The van der Waals surface area contributed by atoms with Crippen LogP contribution in [-0.2, 0) is 21.1 Å². The van der Waals surface area contributed by atoms with Crippen LogP contribution in [0.25, 0.3) is 0 Å². The molecular weight excluding hydrogens is 338 g/mol. The van der Waals surface area contributed by atoms with Gasteiger partial charge < -0.3 is 10.8 Å². The third-order valence-corrected chi connectivity index (χ3v) is 1.80. The maximum atomic E-state index is 10.6. The van der Waals surface area contributed by atoms with Gasteiger partial charge in [-0.05, 0) is 5.56 Å². The number of nitrogens with two attached hydrogens (primary N) is 1. The van der Waals surface area contributed by atoms with Gasteiger partial charge in [-0.25, -0.2) is 0 Å². The molecule has 1 aromatic rings. The third-order valence-electron chi connectivity index (χ3n) is 1.80. The Kier molecular flexibility index (Phi) is 4.14. The summed E-state index contributed by atoms with van der Waals surface area (Å²) in [6.45, 7) is 3.68. The molecule has 3 nitrogen and oxygen atoms in total. The maximum absolute atomic E-state index is 10.6. The van der Waals surface area contributed by atoms with Gasteiger partial charge in [0, 0.05) is 21.1 Å². The summed E-state index contributed by atoms with van der Waals surface area (Å²) in [4.78, 5) is 10.6. The van der Waals surface area contributed by atoms with Gasteiger partial charge in [0.05, 0.1) is 0 Å². The molecule has 4 heteroatoms. The fourth-order valence-electron chi connectivity index (χ4n) is 0.947. The van der Waals surface area contributed by atoms with Gasteiger partial charge in [-0.1, -0.05) is 19.5 Å². The summed E-state index contributed by atoms with van der Waals surface area (Å²) in [5.74, 6) is -1.01. The Morgan fingerprint density at radius 2 is 2.08 bits per heavy atom. The number of benzene rings is 1. The van der Waals surface area contributed by atoms with Gasteiger partial charge in [0.2, 0.25) is 0 Å². The smallest absolute Gasteiger partial charge is 0.280 e. The van der Waals surface area contributed by atoms with Crippen molar-refractivity contribution in [3.8, 4) is 0 Å². The monoisotopic (exact) mass is 348 g/mol. The second kappa shape index (κ2) is 4.42. The number of hydrogen-bond acceptors (Lipinski definition) is 2. The van der Waals surface area contributed by atoms with E-state index in [4.69, 9.17) is 10.8 Å². The first-order valence-corrected chi connectivity index (χ1v) is 3.54. The van der Waals surface area contributed by atoms with Crippen molar-refractivity contribution in [3.05, 3.63) is 28.8 Å². The first-order valence-electron chi connectivity index (χ1n) is 3.54. The number of aryl methyl sites for hydroxylation is 2. The summed E-state index contributed by atoms with van der Waals surface area (Å²) in [5, 5.41) is 8.68. The largest absolute Gasteiger partial charge is 0.487 e. The molecule has 0 heterocycles. The van der Waals surface area contributed by atoms with Crippen LogP contribution in [0.15, 0.2) is 6.07 Å². The van der Waals surface area contributed by atoms with Gasteiger partial charge >= 0.3 is 0 Å². The molecule has 0 saturated carbocycles. The molecule has 0 fully saturated rings. The van der Waals surface area contributed by atoms with Gasteiger partial charge in [-0.15, -0.1) is 0 Å². The number of aromatic carboxylic acids is 1. The van der Waals surface area contributed by atoms with Crippen molar-refractivity contribution in [2.45, 2.75) is 13.8 Å². The number of rotatable bonds is 1. The van der Waals surface area contributed by atoms with Gasteiger partial charge in [0.1, 0.15) is 0 Å². The summed E-state index contributed by atoms with van der Waals surface area (Å²) in [6.07, 6.45) is 0. The van der Waals surface area contributed by atoms with Crippen molar-refractivity contribution in [1.82, 2.24) is 0 Å². The van der Waals surface area contributed by atoms with Crippen molar-refractivity contribution in [1.29, 1.82) is 0 Å². The Hall–Kier alpha value is -0.822. The van der Waals surface area contributed by atoms with Crippen LogP contribution in [0.3, 0.4) is 0 Å². The van der Waals surface area contributed by atoms with Gasteiger partial charge in [0.25, 0.3) is 5.97 Å². The van der Waals surface area contributed by atoms with E-state index < -0.39 is 5.97 Å². The van der Waals surface area contributed by atoms with Crippen molar-refractivity contribution in [3.63, 3.8) is 0 Å². The van der Waals surface area contributed by atoms with Crippen molar-refractivity contribution in [2.75, 3.05) is 5.73 Å². The molecule has 0 aromatic heterocycles. The summed E-state index contributed by atoms with van der Waals surface area (Å²) in [7, 11) is 0. The van der Waals surface area contributed by atoms with Crippen LogP contribution in [0.1, 0.15) is 21.5 Å². The Labute approximate surface area is 91.2 Å². The quantitative estimate of drug-likeness (QED) is 0.596. The van der Waals surface area contributed by atoms with Crippen LogP contribution in [0.4, 0.5) is 5.69 Å². The summed E-state index contributed by atoms with van der Waals surface area (Å²) >= 11 is 0. The Balaban J connectivity index is 0.00000144. The van der Waals surface area contributed by atoms with E-state index >= 15 is 0 Å². The second-order valence-electron chi connectivity index (χ2n) is 2.71. The fraction of sp³-hybridized carbons (Fsp3) is 0.222. The number of nitrogen functional groups attached to an aromatic ring is 1. The van der Waals surface area contributed by atoms with Crippen LogP contribution >= 0.6 is 0 Å². The molecule has 0 aliphatic carbocycles. The standard InChI is InChI=1S/C9H10NO2.W/c1-5-3-7(9(11)12)8(10)4-6(5)2;/h3H,10H2,1-2H3,(H,11,12);/q-1;. The number of carboxylic acid groups (broad SMARTS) is 1. The van der Waals surface area contributed by atoms with Gasteiger partial charge in [0.15, 0.2) is 0 Å². The number of carboxylic acids is 1. The van der Waals surface area contributed by atoms with E-state index in [1.165, 1.54) is 0 Å². The van der Waals surface area contributed by atoms with E-state index in [9.17, 15) is 4.79 Å². The minimum absolute atomic E-state index is 0. The number of carbonyl (C=O) groups is 1. The summed E-state index contributed by atoms with van der Waals surface area (Å²) in [6, 6.07) is 4.34. The Bertz CT molecular complexity index is 337. The molecule has 3 N–H and O–H groups in total. The molecule has 0 aliphatic rings. The topological polar surface area (TPSA) is 63.3 Å². The van der Waals surface area contributed by atoms with Crippen LogP contribution in [0, 0.1) is 19.9 Å². The minimum Gasteiger partial charge on any atom is -0.487 e. The van der Waals surface area contributed by atoms with Gasteiger partial charge in [-0.3, -0.25) is 4.79 Å². The maximum Gasteiger partial charge on any atom is 0.280 e. The fourth-order valence-corrected chi connectivity index (χ4v) is 0.947. The number of hydrogen-bond donors (Lipinski definition) is 2. The van der Waals surface area contributed by atoms with E-state index in [0.717, 1.165) is 11.1 Å². The first-order chi connectivity index (χ1) is 5.52. The van der Waals surface area contributed by atoms with Crippen LogP contribution < -0.4 is 5.73 Å². The molecule has 0 radical (unpaired) electrons. The number of anilines is 1. The zero-order valence-corrected chi connectivity index (χ0v) is 10.4. The molecule has 13 heavy (non-hydrogen) atoms. The molecule has 1 aromatic carbocycles. The molecule has 0 saturated heterocycles. The van der Waals surface area contributed by atoms with E-state index in [1.54, 1.807) is 6.07 Å².